The zero-order valence-corrected chi connectivity index (χ0v) is 15.1. The number of para-hydroxylation sites is 2. The van der Waals surface area contributed by atoms with Gasteiger partial charge in [-0.05, 0) is 56.1 Å². The lowest BCUT2D eigenvalue weighted by molar-refractivity contribution is -0.121. The van der Waals surface area contributed by atoms with Crippen LogP contribution in [0.5, 0.6) is 5.75 Å². The van der Waals surface area contributed by atoms with Gasteiger partial charge in [0, 0.05) is 13.1 Å². The molecule has 26 heavy (non-hydrogen) atoms. The molecule has 1 N–H and O–H groups in total. The van der Waals surface area contributed by atoms with Crippen molar-refractivity contribution in [2.75, 3.05) is 25.0 Å². The number of ether oxygens (including phenoxy) is 1. The average molecular weight is 356 g/mol. The molecule has 3 rings (SSSR count). The van der Waals surface area contributed by atoms with Crippen molar-refractivity contribution in [1.82, 2.24) is 4.90 Å². The first-order valence-electron chi connectivity index (χ1n) is 9.15. The smallest absolute Gasteiger partial charge is 0.228 e. The molecule has 0 spiro atoms. The van der Waals surface area contributed by atoms with Gasteiger partial charge in [0.05, 0.1) is 18.2 Å². The van der Waals surface area contributed by atoms with Gasteiger partial charge in [0.15, 0.2) is 0 Å². The van der Waals surface area contributed by atoms with Gasteiger partial charge in [0.25, 0.3) is 0 Å². The Labute approximate surface area is 154 Å². The van der Waals surface area contributed by atoms with Crippen LogP contribution in [0.1, 0.15) is 25.3 Å². The summed E-state index contributed by atoms with van der Waals surface area (Å²) < 4.78 is 18.6. The van der Waals surface area contributed by atoms with E-state index in [9.17, 15) is 9.18 Å². The SMILES string of the molecule is CCOc1ccccc1NC(=O)[C@@H]1CCCN(Cc2ccc(F)cc2)C1. The Morgan fingerprint density at radius 3 is 2.77 bits per heavy atom. The number of hydrogen-bond donors (Lipinski definition) is 1. The number of nitrogens with zero attached hydrogens (tertiary/aromatic N) is 1. The van der Waals surface area contributed by atoms with Crippen LogP contribution in [-0.2, 0) is 11.3 Å². The van der Waals surface area contributed by atoms with Crippen LogP contribution in [0, 0.1) is 11.7 Å². The first-order valence-corrected chi connectivity index (χ1v) is 9.15. The molecule has 0 radical (unpaired) electrons. The van der Waals surface area contributed by atoms with Crippen LogP contribution in [0.15, 0.2) is 48.5 Å². The molecular weight excluding hydrogens is 331 g/mol. The van der Waals surface area contributed by atoms with Crippen molar-refractivity contribution in [3.8, 4) is 5.75 Å². The molecule has 2 aromatic rings. The van der Waals surface area contributed by atoms with Gasteiger partial charge < -0.3 is 10.1 Å². The maximum atomic E-state index is 13.1. The number of amides is 1. The third-order valence-corrected chi connectivity index (χ3v) is 4.64. The number of hydrogen-bond acceptors (Lipinski definition) is 3. The van der Waals surface area contributed by atoms with Gasteiger partial charge in [0.1, 0.15) is 11.6 Å². The molecule has 1 saturated heterocycles. The molecule has 0 unspecified atom stereocenters. The molecule has 0 saturated carbocycles. The molecule has 1 atom stereocenters. The highest BCUT2D eigenvalue weighted by Gasteiger charge is 2.26. The van der Waals surface area contributed by atoms with Crippen LogP contribution < -0.4 is 10.1 Å². The summed E-state index contributed by atoms with van der Waals surface area (Å²) in [5.74, 6) is 0.444. The number of likely N-dealkylation sites (tertiary alicyclic amines) is 1. The number of carbonyl (C=O) groups is 1. The minimum Gasteiger partial charge on any atom is -0.492 e. The summed E-state index contributed by atoms with van der Waals surface area (Å²) in [6, 6.07) is 14.1. The topological polar surface area (TPSA) is 41.6 Å². The Morgan fingerprint density at radius 1 is 1.23 bits per heavy atom. The highest BCUT2D eigenvalue weighted by Crippen LogP contribution is 2.26. The second-order valence-electron chi connectivity index (χ2n) is 6.62. The molecule has 4 nitrogen and oxygen atoms in total. The van der Waals surface area contributed by atoms with Gasteiger partial charge >= 0.3 is 0 Å². The number of rotatable bonds is 6. The monoisotopic (exact) mass is 356 g/mol. The van der Waals surface area contributed by atoms with Gasteiger partial charge in [-0.25, -0.2) is 4.39 Å². The van der Waals surface area contributed by atoms with Crippen LogP contribution in [-0.4, -0.2) is 30.5 Å². The number of carbonyl (C=O) groups excluding carboxylic acids is 1. The summed E-state index contributed by atoms with van der Waals surface area (Å²) in [5.41, 5.74) is 1.78. The molecular formula is C21H25FN2O2. The van der Waals surface area contributed by atoms with Crippen molar-refractivity contribution in [2.45, 2.75) is 26.3 Å². The lowest BCUT2D eigenvalue weighted by atomic mass is 9.96. The van der Waals surface area contributed by atoms with E-state index in [1.54, 1.807) is 12.1 Å². The largest absolute Gasteiger partial charge is 0.492 e. The summed E-state index contributed by atoms with van der Waals surface area (Å²) in [6.45, 7) is 4.88. The fourth-order valence-corrected chi connectivity index (χ4v) is 3.35. The Morgan fingerprint density at radius 2 is 2.00 bits per heavy atom. The van der Waals surface area contributed by atoms with Crippen molar-refractivity contribution >= 4 is 11.6 Å². The molecule has 2 aromatic carbocycles. The second kappa shape index (κ2) is 8.81. The Hall–Kier alpha value is -2.40. The Bertz CT molecular complexity index is 733. The van der Waals surface area contributed by atoms with E-state index in [0.717, 1.165) is 37.2 Å². The molecule has 138 valence electrons. The second-order valence-corrected chi connectivity index (χ2v) is 6.62. The first kappa shape index (κ1) is 18.4. The molecule has 1 heterocycles. The van der Waals surface area contributed by atoms with E-state index in [1.807, 2.05) is 31.2 Å². The van der Waals surface area contributed by atoms with E-state index < -0.39 is 0 Å². The molecule has 0 aliphatic carbocycles. The summed E-state index contributed by atoms with van der Waals surface area (Å²) in [7, 11) is 0. The highest BCUT2D eigenvalue weighted by atomic mass is 19.1. The number of halogens is 1. The molecule has 0 bridgehead atoms. The van der Waals surface area contributed by atoms with Crippen LogP contribution in [0.4, 0.5) is 10.1 Å². The summed E-state index contributed by atoms with van der Waals surface area (Å²) >= 11 is 0. The minimum absolute atomic E-state index is 0.0287. The van der Waals surface area contributed by atoms with Crippen LogP contribution in [0.3, 0.4) is 0 Å². The number of anilines is 1. The summed E-state index contributed by atoms with van der Waals surface area (Å²) in [4.78, 5) is 15.0. The number of piperidine rings is 1. The van der Waals surface area contributed by atoms with Crippen molar-refractivity contribution in [3.05, 3.63) is 59.9 Å². The van der Waals surface area contributed by atoms with E-state index in [-0.39, 0.29) is 17.6 Å². The van der Waals surface area contributed by atoms with E-state index in [1.165, 1.54) is 12.1 Å². The zero-order valence-electron chi connectivity index (χ0n) is 15.1. The number of benzene rings is 2. The maximum absolute atomic E-state index is 13.1. The van der Waals surface area contributed by atoms with Crippen molar-refractivity contribution in [1.29, 1.82) is 0 Å². The standard InChI is InChI=1S/C21H25FN2O2/c1-2-26-20-8-4-3-7-19(20)23-21(25)17-6-5-13-24(15-17)14-16-9-11-18(22)12-10-16/h3-4,7-12,17H,2,5-6,13-15H2,1H3,(H,23,25)/t17-/m1/s1. The van der Waals surface area contributed by atoms with Crippen LogP contribution >= 0.6 is 0 Å². The van der Waals surface area contributed by atoms with E-state index in [2.05, 4.69) is 10.2 Å². The maximum Gasteiger partial charge on any atom is 0.228 e. The summed E-state index contributed by atoms with van der Waals surface area (Å²) in [5, 5.41) is 3.02. The van der Waals surface area contributed by atoms with Crippen LogP contribution in [0.25, 0.3) is 0 Å². The molecule has 0 aromatic heterocycles. The molecule has 1 amide bonds. The Kier molecular flexibility index (Phi) is 6.23. The van der Waals surface area contributed by atoms with E-state index >= 15 is 0 Å². The molecule has 1 fully saturated rings. The third-order valence-electron chi connectivity index (χ3n) is 4.64. The predicted octanol–water partition coefficient (Wildman–Crippen LogP) is 4.08. The molecule has 5 heteroatoms. The summed E-state index contributed by atoms with van der Waals surface area (Å²) in [6.07, 6.45) is 1.86. The van der Waals surface area contributed by atoms with E-state index in [4.69, 9.17) is 4.74 Å². The fourth-order valence-electron chi connectivity index (χ4n) is 3.35. The van der Waals surface area contributed by atoms with Gasteiger partial charge in [-0.1, -0.05) is 24.3 Å². The lowest BCUT2D eigenvalue weighted by Gasteiger charge is -2.32. The van der Waals surface area contributed by atoms with Crippen LogP contribution in [0.2, 0.25) is 0 Å². The predicted molar refractivity (Wildman–Crippen MR) is 101 cm³/mol. The van der Waals surface area contributed by atoms with Crippen molar-refractivity contribution < 1.29 is 13.9 Å². The average Bonchev–Trinajstić information content (AvgIpc) is 2.66. The lowest BCUT2D eigenvalue weighted by Crippen LogP contribution is -2.40. The molecule has 1 aliphatic rings. The quantitative estimate of drug-likeness (QED) is 0.848. The van der Waals surface area contributed by atoms with Gasteiger partial charge in [-0.2, -0.15) is 0 Å². The Balaban J connectivity index is 1.60. The van der Waals surface area contributed by atoms with Crippen molar-refractivity contribution in [3.63, 3.8) is 0 Å². The zero-order chi connectivity index (χ0) is 18.4. The van der Waals surface area contributed by atoms with E-state index in [0.29, 0.717) is 18.9 Å². The third kappa shape index (κ3) is 4.82. The number of nitrogens with one attached hydrogen (secondary N) is 1. The van der Waals surface area contributed by atoms with Crippen molar-refractivity contribution in [2.24, 2.45) is 5.92 Å². The van der Waals surface area contributed by atoms with Gasteiger partial charge in [-0.15, -0.1) is 0 Å². The highest BCUT2D eigenvalue weighted by molar-refractivity contribution is 5.94. The normalized spacial score (nSPS) is 17.7. The van der Waals surface area contributed by atoms with Gasteiger partial charge in [-0.3, -0.25) is 9.69 Å². The van der Waals surface area contributed by atoms with Gasteiger partial charge in [0.2, 0.25) is 5.91 Å². The minimum atomic E-state index is -0.224. The fraction of sp³-hybridized carbons (Fsp3) is 0.381. The molecule has 1 aliphatic heterocycles. The first-order chi connectivity index (χ1) is 12.7.